The fourth-order valence-electron chi connectivity index (χ4n) is 3.77. The lowest BCUT2D eigenvalue weighted by atomic mass is 10.0. The minimum Gasteiger partial charge on any atom is -0.482 e. The Bertz CT molecular complexity index is 1240. The first-order chi connectivity index (χ1) is 16.4. The number of thiazole rings is 1. The lowest BCUT2D eigenvalue weighted by molar-refractivity contribution is -0.143. The van der Waals surface area contributed by atoms with Crippen LogP contribution >= 0.6 is 11.3 Å². The number of amides is 1. The van der Waals surface area contributed by atoms with Crippen LogP contribution in [0.3, 0.4) is 0 Å². The summed E-state index contributed by atoms with van der Waals surface area (Å²) in [5.74, 6) is 0.750. The number of carbonyl (C=O) groups is 2. The van der Waals surface area contributed by atoms with Crippen molar-refractivity contribution in [1.82, 2.24) is 4.57 Å². The van der Waals surface area contributed by atoms with Gasteiger partial charge >= 0.3 is 5.97 Å². The van der Waals surface area contributed by atoms with Crippen LogP contribution in [0, 0.1) is 0 Å². The highest BCUT2D eigenvalue weighted by molar-refractivity contribution is 7.07. The Morgan fingerprint density at radius 1 is 1.24 bits per heavy atom. The number of ether oxygens (including phenoxy) is 2. The number of anilines is 1. The average Bonchev–Trinajstić information content (AvgIpc) is 3.21. The molecule has 0 bridgehead atoms. The molecular formula is C26H29N3O4S. The van der Waals surface area contributed by atoms with E-state index in [1.54, 1.807) is 11.3 Å². The van der Waals surface area contributed by atoms with Crippen LogP contribution in [-0.2, 0) is 20.9 Å². The smallest absolute Gasteiger partial charge is 0.305 e. The van der Waals surface area contributed by atoms with Crippen LogP contribution in [0.15, 0.2) is 52.8 Å². The number of hydrogen-bond acceptors (Lipinski definition) is 6. The minimum absolute atomic E-state index is 0.0251. The summed E-state index contributed by atoms with van der Waals surface area (Å²) in [5.41, 5.74) is 4.71. The number of benzene rings is 2. The van der Waals surface area contributed by atoms with Gasteiger partial charge in [0.2, 0.25) is 0 Å². The summed E-state index contributed by atoms with van der Waals surface area (Å²) < 4.78 is 12.7. The molecule has 7 nitrogen and oxygen atoms in total. The van der Waals surface area contributed by atoms with Gasteiger partial charge in [-0.3, -0.25) is 9.59 Å². The first-order valence-electron chi connectivity index (χ1n) is 11.5. The third-order valence-corrected chi connectivity index (χ3v) is 6.42. The first kappa shape index (κ1) is 23.8. The molecule has 178 valence electrons. The van der Waals surface area contributed by atoms with Crippen molar-refractivity contribution in [3.8, 4) is 17.0 Å². The summed E-state index contributed by atoms with van der Waals surface area (Å²) in [6.07, 6.45) is 0.972. The van der Waals surface area contributed by atoms with E-state index >= 15 is 0 Å². The van der Waals surface area contributed by atoms with E-state index in [9.17, 15) is 9.59 Å². The molecule has 1 amide bonds. The zero-order valence-electron chi connectivity index (χ0n) is 19.7. The molecule has 0 fully saturated rings. The summed E-state index contributed by atoms with van der Waals surface area (Å²) in [6.45, 7) is 7.16. The topological polar surface area (TPSA) is 81.9 Å². The van der Waals surface area contributed by atoms with Crippen molar-refractivity contribution >= 4 is 34.6 Å². The van der Waals surface area contributed by atoms with Crippen molar-refractivity contribution in [2.45, 2.75) is 46.1 Å². The van der Waals surface area contributed by atoms with Crippen molar-refractivity contribution in [3.63, 3.8) is 0 Å². The molecule has 3 aromatic rings. The first-order valence-corrected chi connectivity index (χ1v) is 12.4. The summed E-state index contributed by atoms with van der Waals surface area (Å²) in [7, 11) is 0. The highest BCUT2D eigenvalue weighted by atomic mass is 32.1. The normalized spacial score (nSPS) is 13.4. The number of esters is 1. The molecule has 0 saturated carbocycles. The SMILES string of the molecule is CCOC(=O)CCCn1c(-c2ccc3c(c2)NC(=O)CO3)csc1=Nc1ccc(C(C)C)cc1. The van der Waals surface area contributed by atoms with Crippen LogP contribution in [0.25, 0.3) is 11.3 Å². The van der Waals surface area contributed by atoms with Gasteiger partial charge in [-0.1, -0.05) is 26.0 Å². The fourth-order valence-corrected chi connectivity index (χ4v) is 4.72. The molecule has 4 rings (SSSR count). The van der Waals surface area contributed by atoms with Crippen molar-refractivity contribution in [1.29, 1.82) is 0 Å². The van der Waals surface area contributed by atoms with Crippen LogP contribution in [0.5, 0.6) is 5.75 Å². The van der Waals surface area contributed by atoms with Crippen LogP contribution in [0.4, 0.5) is 11.4 Å². The van der Waals surface area contributed by atoms with Gasteiger partial charge in [0.25, 0.3) is 5.91 Å². The van der Waals surface area contributed by atoms with E-state index in [1.807, 2.05) is 37.3 Å². The predicted molar refractivity (Wildman–Crippen MR) is 133 cm³/mol. The van der Waals surface area contributed by atoms with E-state index in [-0.39, 0.29) is 18.5 Å². The number of carbonyl (C=O) groups excluding carboxylic acids is 2. The van der Waals surface area contributed by atoms with Gasteiger partial charge in [0.1, 0.15) is 5.75 Å². The maximum absolute atomic E-state index is 11.9. The molecule has 1 N–H and O–H groups in total. The van der Waals surface area contributed by atoms with Gasteiger partial charge in [0.05, 0.1) is 23.7 Å². The van der Waals surface area contributed by atoms with Gasteiger partial charge in [0, 0.05) is 23.9 Å². The van der Waals surface area contributed by atoms with Gasteiger partial charge in [-0.2, -0.15) is 0 Å². The third kappa shape index (κ3) is 5.56. The van der Waals surface area contributed by atoms with Crippen LogP contribution in [-0.4, -0.2) is 29.7 Å². The van der Waals surface area contributed by atoms with Crippen molar-refractivity contribution in [2.75, 3.05) is 18.5 Å². The molecule has 1 aliphatic heterocycles. The standard InChI is InChI=1S/C26H29N3O4S/c1-4-32-25(31)6-5-13-29-22(19-9-12-23-21(14-19)28-24(30)15-33-23)16-34-26(29)27-20-10-7-18(8-11-20)17(2)3/h7-12,14,16-17H,4-6,13,15H2,1-3H3,(H,28,30). The molecule has 0 atom stereocenters. The summed E-state index contributed by atoms with van der Waals surface area (Å²) in [5, 5.41) is 4.92. The summed E-state index contributed by atoms with van der Waals surface area (Å²) >= 11 is 1.54. The summed E-state index contributed by atoms with van der Waals surface area (Å²) in [6, 6.07) is 14.0. The second kappa shape index (κ2) is 10.7. The Morgan fingerprint density at radius 3 is 2.76 bits per heavy atom. The number of hydrogen-bond donors (Lipinski definition) is 1. The second-order valence-electron chi connectivity index (χ2n) is 8.37. The second-order valence-corrected chi connectivity index (χ2v) is 9.21. The van der Waals surface area contributed by atoms with Gasteiger partial charge in [-0.15, -0.1) is 11.3 Å². The van der Waals surface area contributed by atoms with E-state index < -0.39 is 0 Å². The molecule has 0 radical (unpaired) electrons. The van der Waals surface area contributed by atoms with E-state index in [1.165, 1.54) is 5.56 Å². The van der Waals surface area contributed by atoms with Gasteiger partial charge < -0.3 is 19.4 Å². The van der Waals surface area contributed by atoms with Gasteiger partial charge in [0.15, 0.2) is 11.4 Å². The largest absolute Gasteiger partial charge is 0.482 e. The molecule has 34 heavy (non-hydrogen) atoms. The lowest BCUT2D eigenvalue weighted by Crippen LogP contribution is -2.25. The molecule has 0 unspecified atom stereocenters. The van der Waals surface area contributed by atoms with E-state index in [0.717, 1.165) is 21.7 Å². The van der Waals surface area contributed by atoms with E-state index in [2.05, 4.69) is 41.2 Å². The molecule has 8 heteroatoms. The Labute approximate surface area is 203 Å². The molecule has 1 aliphatic rings. The molecule has 2 aromatic carbocycles. The van der Waals surface area contributed by atoms with Crippen LogP contribution in [0.1, 0.15) is 45.1 Å². The number of nitrogens with one attached hydrogen (secondary N) is 1. The molecule has 0 saturated heterocycles. The van der Waals surface area contributed by atoms with Gasteiger partial charge in [-0.25, -0.2) is 4.99 Å². The molecule has 2 heterocycles. The van der Waals surface area contributed by atoms with Crippen LogP contribution in [0.2, 0.25) is 0 Å². The minimum atomic E-state index is -0.198. The zero-order valence-corrected chi connectivity index (χ0v) is 20.5. The van der Waals surface area contributed by atoms with E-state index in [4.69, 9.17) is 14.5 Å². The molecule has 0 aliphatic carbocycles. The Balaban J connectivity index is 1.69. The number of fused-ring (bicyclic) bond motifs is 1. The zero-order chi connectivity index (χ0) is 24.1. The fraction of sp³-hybridized carbons (Fsp3) is 0.346. The number of rotatable bonds is 8. The molecule has 1 aromatic heterocycles. The Morgan fingerprint density at radius 2 is 2.03 bits per heavy atom. The van der Waals surface area contributed by atoms with Crippen molar-refractivity contribution in [2.24, 2.45) is 4.99 Å². The average molecular weight is 480 g/mol. The monoisotopic (exact) mass is 479 g/mol. The maximum atomic E-state index is 11.9. The Hall–Kier alpha value is -3.39. The highest BCUT2D eigenvalue weighted by Crippen LogP contribution is 2.33. The van der Waals surface area contributed by atoms with Crippen LogP contribution < -0.4 is 14.9 Å². The summed E-state index contributed by atoms with van der Waals surface area (Å²) in [4.78, 5) is 29.4. The molecule has 0 spiro atoms. The highest BCUT2D eigenvalue weighted by Gasteiger charge is 2.18. The molecular weight excluding hydrogens is 450 g/mol. The van der Waals surface area contributed by atoms with Gasteiger partial charge in [-0.05, 0) is 55.2 Å². The third-order valence-electron chi connectivity index (χ3n) is 5.56. The maximum Gasteiger partial charge on any atom is 0.305 e. The number of nitrogens with zero attached hydrogens (tertiary/aromatic N) is 2. The number of aromatic nitrogens is 1. The van der Waals surface area contributed by atoms with Crippen molar-refractivity contribution < 1.29 is 19.1 Å². The predicted octanol–water partition coefficient (Wildman–Crippen LogP) is 5.25. The quantitative estimate of drug-likeness (QED) is 0.448. The lowest BCUT2D eigenvalue weighted by Gasteiger charge is -2.19. The van der Waals surface area contributed by atoms with E-state index in [0.29, 0.717) is 43.3 Å². The van der Waals surface area contributed by atoms with Crippen molar-refractivity contribution in [3.05, 3.63) is 58.2 Å². The Kier molecular flexibility index (Phi) is 7.47.